The number of amides is 1. The maximum absolute atomic E-state index is 13.9. The SMILES string of the molecule is CC(C)C[C@H](NC(=O)c1ccccc1-c1cc(CN(Cc2ccccn2)Cc2ccccn2)cc(CN(Cc2ccccn2)Cc2ccccn2)c1)C(=O)O. The van der Waals surface area contributed by atoms with Gasteiger partial charge in [-0.2, -0.15) is 0 Å². The summed E-state index contributed by atoms with van der Waals surface area (Å²) in [6.07, 6.45) is 7.56. The fourth-order valence-electron chi connectivity index (χ4n) is 6.70. The number of aromatic nitrogens is 4. The van der Waals surface area contributed by atoms with Crippen LogP contribution in [0.4, 0.5) is 0 Å². The van der Waals surface area contributed by atoms with Crippen molar-refractivity contribution in [2.75, 3.05) is 0 Å². The van der Waals surface area contributed by atoms with Crippen molar-refractivity contribution in [3.63, 3.8) is 0 Å². The van der Waals surface area contributed by atoms with Gasteiger partial charge < -0.3 is 10.4 Å². The first kappa shape index (κ1) is 38.6. The van der Waals surface area contributed by atoms with Gasteiger partial charge in [0.25, 0.3) is 5.91 Å². The van der Waals surface area contributed by atoms with Crippen LogP contribution in [0, 0.1) is 5.92 Å². The number of hydrogen-bond donors (Lipinski definition) is 2. The summed E-state index contributed by atoms with van der Waals surface area (Å²) in [7, 11) is 0. The monoisotopic (exact) mass is 733 g/mol. The van der Waals surface area contributed by atoms with Crippen molar-refractivity contribution < 1.29 is 14.7 Å². The standard InChI is InChI=1S/C45H47N7O3/c1-33(2)23-43(45(54)55)50-44(53)42-18-4-3-17-41(42)36-25-34(27-51(29-37-13-5-9-19-46-37)30-38-14-6-10-20-47-38)24-35(26-36)28-52(31-39-15-7-11-21-48-39)32-40-16-8-12-22-49-40/h3-22,24-26,33,43H,23,27-32H2,1-2H3,(H,50,53)(H,54,55)/t43-/m0/s1. The number of rotatable bonds is 18. The number of benzene rings is 2. The fraction of sp³-hybridized carbons (Fsp3) is 0.244. The van der Waals surface area contributed by atoms with Crippen LogP contribution in [-0.4, -0.2) is 52.8 Å². The Kier molecular flexibility index (Phi) is 13.5. The highest BCUT2D eigenvalue weighted by molar-refractivity contribution is 6.02. The molecule has 4 heterocycles. The lowest BCUT2D eigenvalue weighted by Crippen LogP contribution is -2.41. The van der Waals surface area contributed by atoms with Gasteiger partial charge in [0.15, 0.2) is 0 Å². The number of nitrogens with one attached hydrogen (secondary N) is 1. The second-order valence-electron chi connectivity index (χ2n) is 14.2. The number of carbonyl (C=O) groups is 2. The number of carboxylic acids is 1. The van der Waals surface area contributed by atoms with Crippen LogP contribution < -0.4 is 5.32 Å². The highest BCUT2D eigenvalue weighted by atomic mass is 16.4. The molecule has 280 valence electrons. The number of carboxylic acid groups (broad SMARTS) is 1. The third kappa shape index (κ3) is 11.7. The highest BCUT2D eigenvalue weighted by Gasteiger charge is 2.24. The predicted octanol–water partition coefficient (Wildman–Crippen LogP) is 7.57. The fourth-order valence-corrected chi connectivity index (χ4v) is 6.70. The molecule has 0 aliphatic heterocycles. The third-order valence-corrected chi connectivity index (χ3v) is 9.11. The number of nitrogens with zero attached hydrogens (tertiary/aromatic N) is 6. The molecular weight excluding hydrogens is 687 g/mol. The van der Waals surface area contributed by atoms with Gasteiger partial charge in [-0.15, -0.1) is 0 Å². The van der Waals surface area contributed by atoms with Gasteiger partial charge in [0, 0.05) is 69.6 Å². The Morgan fingerprint density at radius 3 is 1.38 bits per heavy atom. The van der Waals surface area contributed by atoms with E-state index in [-0.39, 0.29) is 5.92 Å². The second-order valence-corrected chi connectivity index (χ2v) is 14.2. The van der Waals surface area contributed by atoms with Crippen molar-refractivity contribution in [3.8, 4) is 11.1 Å². The molecule has 0 saturated carbocycles. The van der Waals surface area contributed by atoms with Crippen LogP contribution in [0.5, 0.6) is 0 Å². The van der Waals surface area contributed by atoms with Crippen molar-refractivity contribution in [1.82, 2.24) is 35.1 Å². The van der Waals surface area contributed by atoms with Crippen LogP contribution >= 0.6 is 0 Å². The first-order valence-electron chi connectivity index (χ1n) is 18.6. The molecular formula is C45H47N7O3. The van der Waals surface area contributed by atoms with Crippen LogP contribution in [0.3, 0.4) is 0 Å². The number of hydrogen-bond acceptors (Lipinski definition) is 8. The Labute approximate surface area is 323 Å². The summed E-state index contributed by atoms with van der Waals surface area (Å²) in [4.78, 5) is 49.1. The Hall–Kier alpha value is -6.10. The van der Waals surface area contributed by atoms with Crippen LogP contribution in [0.25, 0.3) is 11.1 Å². The van der Waals surface area contributed by atoms with E-state index in [0.717, 1.165) is 45.0 Å². The predicted molar refractivity (Wildman–Crippen MR) is 213 cm³/mol. The minimum atomic E-state index is -1.05. The molecule has 0 fully saturated rings. The Bertz CT molecular complexity index is 1930. The van der Waals surface area contributed by atoms with Crippen LogP contribution in [0.2, 0.25) is 0 Å². The lowest BCUT2D eigenvalue weighted by Gasteiger charge is -2.25. The minimum absolute atomic E-state index is 0.0936. The zero-order valence-corrected chi connectivity index (χ0v) is 31.3. The molecule has 6 rings (SSSR count). The molecule has 0 radical (unpaired) electrons. The van der Waals surface area contributed by atoms with Gasteiger partial charge >= 0.3 is 5.97 Å². The Balaban J connectivity index is 1.40. The van der Waals surface area contributed by atoms with Crippen LogP contribution in [0.1, 0.15) is 64.5 Å². The first-order valence-corrected chi connectivity index (χ1v) is 18.6. The van der Waals surface area contributed by atoms with E-state index in [1.807, 2.05) is 130 Å². The molecule has 2 N–H and O–H groups in total. The molecule has 0 unspecified atom stereocenters. The maximum Gasteiger partial charge on any atom is 0.326 e. The molecule has 1 amide bonds. The summed E-state index contributed by atoms with van der Waals surface area (Å²) in [5.74, 6) is -1.38. The number of pyridine rings is 4. The van der Waals surface area contributed by atoms with E-state index in [9.17, 15) is 14.7 Å². The maximum atomic E-state index is 13.9. The second kappa shape index (κ2) is 19.3. The summed E-state index contributed by atoms with van der Waals surface area (Å²) in [6, 6.07) is 36.6. The van der Waals surface area contributed by atoms with E-state index in [4.69, 9.17) is 0 Å². The Morgan fingerprint density at radius 1 is 0.582 bits per heavy atom. The smallest absolute Gasteiger partial charge is 0.326 e. The van der Waals surface area contributed by atoms with Gasteiger partial charge in [-0.1, -0.05) is 62.4 Å². The van der Waals surface area contributed by atoms with Crippen molar-refractivity contribution in [2.24, 2.45) is 5.92 Å². The van der Waals surface area contributed by atoms with Crippen LogP contribution in [-0.2, 0) is 44.1 Å². The molecule has 0 spiro atoms. The quantitative estimate of drug-likeness (QED) is 0.0921. The number of carbonyl (C=O) groups excluding carboxylic acids is 1. The molecule has 0 bridgehead atoms. The van der Waals surface area contributed by atoms with Crippen molar-refractivity contribution in [3.05, 3.63) is 180 Å². The van der Waals surface area contributed by atoms with E-state index in [0.29, 0.717) is 51.3 Å². The van der Waals surface area contributed by atoms with E-state index >= 15 is 0 Å². The van der Waals surface area contributed by atoms with Crippen LogP contribution in [0.15, 0.2) is 140 Å². The summed E-state index contributed by atoms with van der Waals surface area (Å²) in [5.41, 5.74) is 7.89. The van der Waals surface area contributed by atoms with Gasteiger partial charge in [-0.3, -0.25) is 34.5 Å². The van der Waals surface area contributed by atoms with E-state index in [2.05, 4.69) is 53.3 Å². The lowest BCUT2D eigenvalue weighted by atomic mass is 9.94. The van der Waals surface area contributed by atoms with Crippen molar-refractivity contribution >= 4 is 11.9 Å². The van der Waals surface area contributed by atoms with Crippen molar-refractivity contribution in [1.29, 1.82) is 0 Å². The van der Waals surface area contributed by atoms with Crippen molar-refractivity contribution in [2.45, 2.75) is 65.6 Å². The van der Waals surface area contributed by atoms with Gasteiger partial charge in [-0.25, -0.2) is 4.79 Å². The average molecular weight is 734 g/mol. The van der Waals surface area contributed by atoms with E-state index in [1.54, 1.807) is 6.07 Å². The zero-order chi connectivity index (χ0) is 38.4. The molecule has 0 aliphatic carbocycles. The van der Waals surface area contributed by atoms with E-state index in [1.165, 1.54) is 0 Å². The molecule has 6 aromatic rings. The zero-order valence-electron chi connectivity index (χ0n) is 31.3. The van der Waals surface area contributed by atoms with Gasteiger partial charge in [0.2, 0.25) is 0 Å². The van der Waals surface area contributed by atoms with Gasteiger partial charge in [-0.05, 0) is 101 Å². The topological polar surface area (TPSA) is 124 Å². The third-order valence-electron chi connectivity index (χ3n) is 9.11. The lowest BCUT2D eigenvalue weighted by molar-refractivity contribution is -0.139. The number of aliphatic carboxylic acids is 1. The van der Waals surface area contributed by atoms with E-state index < -0.39 is 17.9 Å². The molecule has 4 aromatic heterocycles. The highest BCUT2D eigenvalue weighted by Crippen LogP contribution is 2.29. The molecule has 55 heavy (non-hydrogen) atoms. The van der Waals surface area contributed by atoms with Gasteiger partial charge in [0.05, 0.1) is 22.8 Å². The summed E-state index contributed by atoms with van der Waals surface area (Å²) < 4.78 is 0. The summed E-state index contributed by atoms with van der Waals surface area (Å²) in [6.45, 7) is 7.47. The molecule has 1 atom stereocenters. The normalized spacial score (nSPS) is 11.9. The molecule has 0 aliphatic rings. The molecule has 10 heteroatoms. The molecule has 0 saturated heterocycles. The van der Waals surface area contributed by atoms with Gasteiger partial charge in [0.1, 0.15) is 6.04 Å². The average Bonchev–Trinajstić information content (AvgIpc) is 3.19. The Morgan fingerprint density at radius 2 is 1.00 bits per heavy atom. The molecule has 2 aromatic carbocycles. The largest absolute Gasteiger partial charge is 0.480 e. The first-order chi connectivity index (χ1) is 26.8. The molecule has 10 nitrogen and oxygen atoms in total. The minimum Gasteiger partial charge on any atom is -0.480 e. The summed E-state index contributed by atoms with van der Waals surface area (Å²) in [5, 5.41) is 12.7. The summed E-state index contributed by atoms with van der Waals surface area (Å²) >= 11 is 0.